The van der Waals surface area contributed by atoms with Crippen LogP contribution in [0.3, 0.4) is 0 Å². The maximum atomic E-state index is 8.65. The Morgan fingerprint density at radius 1 is 1.55 bits per heavy atom. The molecule has 2 nitrogen and oxygen atoms in total. The number of hydrogen-bond donors (Lipinski definition) is 0. The second-order valence-electron chi connectivity index (χ2n) is 2.43. The molecule has 1 aliphatic rings. The van der Waals surface area contributed by atoms with Gasteiger partial charge in [-0.3, -0.25) is 0 Å². The normalized spacial score (nSPS) is 13.4. The third-order valence-electron chi connectivity index (χ3n) is 1.76. The van der Waals surface area contributed by atoms with Crippen molar-refractivity contribution in [1.29, 1.82) is 5.26 Å². The van der Waals surface area contributed by atoms with Gasteiger partial charge in [-0.25, -0.2) is 0 Å². The summed E-state index contributed by atoms with van der Waals surface area (Å²) in [7, 11) is 0. The smallest absolute Gasteiger partial charge is 0.140 e. The first kappa shape index (κ1) is 6.23. The molecule has 53 valence electrons. The molecule has 0 N–H and O–H groups in total. The van der Waals surface area contributed by atoms with Crippen molar-refractivity contribution in [1.82, 2.24) is 0 Å². The van der Waals surface area contributed by atoms with Crippen LogP contribution in [0.4, 0.5) is 0 Å². The van der Waals surface area contributed by atoms with Crippen LogP contribution in [0.15, 0.2) is 12.1 Å². The molecule has 0 saturated heterocycles. The Kier molecular flexibility index (Phi) is 1.29. The zero-order valence-electron chi connectivity index (χ0n) is 5.92. The summed E-state index contributed by atoms with van der Waals surface area (Å²) >= 11 is 0. The van der Waals surface area contributed by atoms with Gasteiger partial charge in [0.15, 0.2) is 0 Å². The predicted octanol–water partition coefficient (Wildman–Crippen LogP) is 1.29. The van der Waals surface area contributed by atoms with E-state index in [0.29, 0.717) is 12.2 Å². The maximum absolute atomic E-state index is 8.65. The molecule has 0 saturated carbocycles. The molecule has 0 atom stereocenters. The fourth-order valence-electron chi connectivity index (χ4n) is 1.23. The molecule has 2 heteroatoms. The largest absolute Gasteiger partial charge is 0.492 e. The Morgan fingerprint density at radius 2 is 2.45 bits per heavy atom. The van der Waals surface area contributed by atoms with E-state index in [0.717, 1.165) is 17.7 Å². The topological polar surface area (TPSA) is 33.0 Å². The lowest BCUT2D eigenvalue weighted by Crippen LogP contribution is -1.88. The Labute approximate surface area is 65.0 Å². The maximum Gasteiger partial charge on any atom is 0.140 e. The second-order valence-corrected chi connectivity index (χ2v) is 2.43. The van der Waals surface area contributed by atoms with Crippen LogP contribution in [-0.4, -0.2) is 6.61 Å². The molecule has 1 aromatic carbocycles. The summed E-state index contributed by atoms with van der Waals surface area (Å²) in [4.78, 5) is 0. The van der Waals surface area contributed by atoms with Crippen LogP contribution >= 0.6 is 0 Å². The SMILES string of the molecule is N#Cc1c[c]cc2c1OCC2. The third-order valence-corrected chi connectivity index (χ3v) is 1.76. The van der Waals surface area contributed by atoms with Crippen molar-refractivity contribution in [3.05, 3.63) is 29.3 Å². The Morgan fingerprint density at radius 3 is 3.27 bits per heavy atom. The van der Waals surface area contributed by atoms with Gasteiger partial charge in [0.25, 0.3) is 0 Å². The number of ether oxygens (including phenoxy) is 1. The van der Waals surface area contributed by atoms with Gasteiger partial charge in [-0.05, 0) is 23.8 Å². The van der Waals surface area contributed by atoms with Gasteiger partial charge in [-0.2, -0.15) is 5.26 Å². The second kappa shape index (κ2) is 2.28. The zero-order valence-corrected chi connectivity index (χ0v) is 5.92. The highest BCUT2D eigenvalue weighted by Gasteiger charge is 2.14. The van der Waals surface area contributed by atoms with E-state index in [2.05, 4.69) is 12.1 Å². The number of rotatable bonds is 0. The first-order valence-corrected chi connectivity index (χ1v) is 3.47. The molecule has 2 rings (SSSR count). The van der Waals surface area contributed by atoms with Crippen molar-refractivity contribution >= 4 is 0 Å². The average molecular weight is 144 g/mol. The molecule has 1 heterocycles. The Balaban J connectivity index is 2.61. The molecule has 1 aromatic rings. The Bertz CT molecular complexity index is 325. The molecule has 1 aliphatic heterocycles. The number of benzene rings is 1. The van der Waals surface area contributed by atoms with E-state index in [4.69, 9.17) is 10.00 Å². The molecular formula is C9H6NO. The van der Waals surface area contributed by atoms with Crippen molar-refractivity contribution in [3.63, 3.8) is 0 Å². The molecule has 0 bridgehead atoms. The standard InChI is InChI=1S/C9H6NO/c10-6-8-3-1-2-7-4-5-11-9(7)8/h2-3H,4-5H2. The molecule has 1 radical (unpaired) electrons. The molecule has 0 aromatic heterocycles. The minimum Gasteiger partial charge on any atom is -0.492 e. The highest BCUT2D eigenvalue weighted by atomic mass is 16.5. The van der Waals surface area contributed by atoms with Crippen LogP contribution < -0.4 is 4.74 Å². The highest BCUT2D eigenvalue weighted by Crippen LogP contribution is 2.28. The predicted molar refractivity (Wildman–Crippen MR) is 39.2 cm³/mol. The van der Waals surface area contributed by atoms with Crippen molar-refractivity contribution in [2.45, 2.75) is 6.42 Å². The van der Waals surface area contributed by atoms with E-state index in [-0.39, 0.29) is 0 Å². The summed E-state index contributed by atoms with van der Waals surface area (Å²) in [5, 5.41) is 8.65. The minimum absolute atomic E-state index is 0.597. The van der Waals surface area contributed by atoms with Gasteiger partial charge in [-0.15, -0.1) is 0 Å². The summed E-state index contributed by atoms with van der Waals surface area (Å²) in [6, 6.07) is 8.52. The zero-order chi connectivity index (χ0) is 7.68. The van der Waals surface area contributed by atoms with E-state index in [1.807, 2.05) is 6.07 Å². The number of hydrogen-bond acceptors (Lipinski definition) is 2. The van der Waals surface area contributed by atoms with E-state index < -0.39 is 0 Å². The van der Waals surface area contributed by atoms with Crippen LogP contribution in [0.5, 0.6) is 5.75 Å². The van der Waals surface area contributed by atoms with Gasteiger partial charge in [0.05, 0.1) is 12.2 Å². The first-order chi connectivity index (χ1) is 5.42. The molecule has 0 spiro atoms. The fraction of sp³-hybridized carbons (Fsp3) is 0.222. The number of fused-ring (bicyclic) bond motifs is 1. The van der Waals surface area contributed by atoms with Gasteiger partial charge in [0.2, 0.25) is 0 Å². The summed E-state index contributed by atoms with van der Waals surface area (Å²) in [5.41, 5.74) is 1.70. The van der Waals surface area contributed by atoms with Gasteiger partial charge in [-0.1, -0.05) is 0 Å². The lowest BCUT2D eigenvalue weighted by atomic mass is 10.1. The van der Waals surface area contributed by atoms with Crippen LogP contribution in [0.25, 0.3) is 0 Å². The van der Waals surface area contributed by atoms with E-state index in [1.165, 1.54) is 0 Å². The van der Waals surface area contributed by atoms with Gasteiger partial charge in [0, 0.05) is 6.42 Å². The van der Waals surface area contributed by atoms with Crippen molar-refractivity contribution in [2.75, 3.05) is 6.61 Å². The first-order valence-electron chi connectivity index (χ1n) is 3.47. The summed E-state index contributed by atoms with van der Waals surface area (Å²) < 4.78 is 5.28. The number of nitrogens with zero attached hydrogens (tertiary/aromatic N) is 1. The van der Waals surface area contributed by atoms with E-state index in [9.17, 15) is 0 Å². The summed E-state index contributed by atoms with van der Waals surface area (Å²) in [6.45, 7) is 0.696. The molecule has 0 fully saturated rings. The fourth-order valence-corrected chi connectivity index (χ4v) is 1.23. The summed E-state index contributed by atoms with van der Waals surface area (Å²) in [5.74, 6) is 0.756. The monoisotopic (exact) mass is 144 g/mol. The minimum atomic E-state index is 0.597. The molecule has 0 aliphatic carbocycles. The Hall–Kier alpha value is -1.49. The van der Waals surface area contributed by atoms with Crippen molar-refractivity contribution in [3.8, 4) is 11.8 Å². The van der Waals surface area contributed by atoms with Crippen LogP contribution in [-0.2, 0) is 6.42 Å². The molecule has 11 heavy (non-hydrogen) atoms. The highest BCUT2D eigenvalue weighted by molar-refractivity contribution is 5.49. The summed E-state index contributed by atoms with van der Waals surface area (Å²) in [6.07, 6.45) is 0.904. The van der Waals surface area contributed by atoms with E-state index >= 15 is 0 Å². The van der Waals surface area contributed by atoms with Crippen molar-refractivity contribution < 1.29 is 4.74 Å². The third kappa shape index (κ3) is 0.857. The van der Waals surface area contributed by atoms with Gasteiger partial charge >= 0.3 is 0 Å². The average Bonchev–Trinajstić information content (AvgIpc) is 2.50. The van der Waals surface area contributed by atoms with E-state index in [1.54, 1.807) is 6.07 Å². The quantitative estimate of drug-likeness (QED) is 0.549. The van der Waals surface area contributed by atoms with Gasteiger partial charge < -0.3 is 4.74 Å². The van der Waals surface area contributed by atoms with Crippen LogP contribution in [0.1, 0.15) is 11.1 Å². The lowest BCUT2D eigenvalue weighted by molar-refractivity contribution is 0.356. The molecular weight excluding hydrogens is 138 g/mol. The molecule has 0 amide bonds. The van der Waals surface area contributed by atoms with Crippen LogP contribution in [0.2, 0.25) is 0 Å². The van der Waals surface area contributed by atoms with Gasteiger partial charge in [0.1, 0.15) is 11.8 Å². The lowest BCUT2D eigenvalue weighted by Gasteiger charge is -1.98. The van der Waals surface area contributed by atoms with Crippen molar-refractivity contribution in [2.24, 2.45) is 0 Å². The molecule has 0 unspecified atom stereocenters. The number of nitriles is 1. The van der Waals surface area contributed by atoms with Crippen LogP contribution in [0, 0.1) is 17.4 Å².